The highest BCUT2D eigenvalue weighted by Gasteiger charge is 2.28. The molecule has 1 unspecified atom stereocenters. The molecule has 1 atom stereocenters. The van der Waals surface area contributed by atoms with Crippen LogP contribution in [0.3, 0.4) is 0 Å². The first-order valence-electron chi connectivity index (χ1n) is 10.1. The molecule has 1 aliphatic rings. The van der Waals surface area contributed by atoms with Crippen LogP contribution in [-0.2, 0) is 0 Å². The van der Waals surface area contributed by atoms with Crippen molar-refractivity contribution in [2.24, 2.45) is 0 Å². The molecule has 0 saturated carbocycles. The molecule has 5 rings (SSSR count). The second-order valence-electron chi connectivity index (χ2n) is 7.40. The lowest BCUT2D eigenvalue weighted by Crippen LogP contribution is -2.19. The number of fused-ring (bicyclic) bond motifs is 3. The molecule has 7 heteroatoms. The number of hydrogen-bond donors (Lipinski definition) is 1. The van der Waals surface area contributed by atoms with E-state index in [1.54, 1.807) is 21.3 Å². The van der Waals surface area contributed by atoms with Gasteiger partial charge in [0.1, 0.15) is 5.75 Å². The highest BCUT2D eigenvalue weighted by atomic mass is 79.9. The molecule has 0 aliphatic carbocycles. The minimum Gasteiger partial charge on any atom is -0.496 e. The van der Waals surface area contributed by atoms with E-state index in [1.807, 2.05) is 42.5 Å². The number of benzene rings is 3. The van der Waals surface area contributed by atoms with Crippen LogP contribution in [0, 0.1) is 0 Å². The first kappa shape index (κ1) is 20.5. The van der Waals surface area contributed by atoms with E-state index < -0.39 is 0 Å². The normalized spacial score (nSPS) is 15.0. The van der Waals surface area contributed by atoms with Crippen LogP contribution in [0.15, 0.2) is 71.2 Å². The average Bonchev–Trinajstić information content (AvgIpc) is 3.21. The van der Waals surface area contributed by atoms with E-state index in [0.29, 0.717) is 17.2 Å². The summed E-state index contributed by atoms with van der Waals surface area (Å²) in [6.07, 6.45) is 2.19. The van der Waals surface area contributed by atoms with Gasteiger partial charge in [-0.2, -0.15) is 0 Å². The molecular formula is C25H22BrN3O3. The molecule has 0 amide bonds. The van der Waals surface area contributed by atoms with Gasteiger partial charge in [-0.25, -0.2) is 4.98 Å². The lowest BCUT2D eigenvalue weighted by Gasteiger charge is -2.28. The molecule has 32 heavy (non-hydrogen) atoms. The van der Waals surface area contributed by atoms with E-state index in [0.717, 1.165) is 38.3 Å². The molecule has 1 aliphatic heterocycles. The molecular weight excluding hydrogens is 470 g/mol. The number of anilines is 1. The van der Waals surface area contributed by atoms with Gasteiger partial charge < -0.3 is 19.5 Å². The van der Waals surface area contributed by atoms with Gasteiger partial charge in [0.25, 0.3) is 0 Å². The molecule has 3 aromatic carbocycles. The fraction of sp³-hybridized carbons (Fsp3) is 0.160. The lowest BCUT2D eigenvalue weighted by atomic mass is 9.99. The summed E-state index contributed by atoms with van der Waals surface area (Å²) in [4.78, 5) is 4.86. The Bertz CT molecular complexity index is 1350. The zero-order valence-corrected chi connectivity index (χ0v) is 19.5. The van der Waals surface area contributed by atoms with Crippen LogP contribution in [-0.4, -0.2) is 30.9 Å². The third-order valence-corrected chi connectivity index (χ3v) is 6.13. The molecule has 6 nitrogen and oxygen atoms in total. The van der Waals surface area contributed by atoms with Crippen molar-refractivity contribution in [2.75, 3.05) is 26.6 Å². The Balaban J connectivity index is 1.77. The highest BCUT2D eigenvalue weighted by molar-refractivity contribution is 9.10. The zero-order valence-electron chi connectivity index (χ0n) is 17.9. The summed E-state index contributed by atoms with van der Waals surface area (Å²) < 4.78 is 20.1. The van der Waals surface area contributed by atoms with E-state index in [1.165, 1.54) is 0 Å². The van der Waals surface area contributed by atoms with Gasteiger partial charge in [0, 0.05) is 21.8 Å². The molecule has 1 aromatic heterocycles. The van der Waals surface area contributed by atoms with Crippen LogP contribution in [0.1, 0.15) is 17.2 Å². The van der Waals surface area contributed by atoms with Crippen molar-refractivity contribution in [1.29, 1.82) is 0 Å². The second-order valence-corrected chi connectivity index (χ2v) is 8.32. The quantitative estimate of drug-likeness (QED) is 0.377. The maximum absolute atomic E-state index is 5.78. The third kappa shape index (κ3) is 3.39. The SMILES string of the molecule is COc1cc(OC)c(C2C=C(c3cccc(Br)c3)Nc3nc4ccccc4n32)cc1OC. The van der Waals surface area contributed by atoms with Crippen LogP contribution < -0.4 is 19.5 Å². The summed E-state index contributed by atoms with van der Waals surface area (Å²) in [6.45, 7) is 0. The Hall–Kier alpha value is -3.45. The van der Waals surface area contributed by atoms with E-state index in [-0.39, 0.29) is 6.04 Å². The summed E-state index contributed by atoms with van der Waals surface area (Å²) >= 11 is 3.58. The fourth-order valence-corrected chi connectivity index (χ4v) is 4.55. The Labute approximate surface area is 194 Å². The number of nitrogens with one attached hydrogen (secondary N) is 1. The van der Waals surface area contributed by atoms with Crippen molar-refractivity contribution >= 4 is 38.6 Å². The van der Waals surface area contributed by atoms with E-state index in [2.05, 4.69) is 50.1 Å². The van der Waals surface area contributed by atoms with E-state index >= 15 is 0 Å². The van der Waals surface area contributed by atoms with Crippen molar-refractivity contribution in [3.05, 3.63) is 82.3 Å². The minimum absolute atomic E-state index is 0.178. The lowest BCUT2D eigenvalue weighted by molar-refractivity contribution is 0.346. The number of imidazole rings is 1. The predicted molar refractivity (Wildman–Crippen MR) is 130 cm³/mol. The van der Waals surface area contributed by atoms with Gasteiger partial charge in [0.15, 0.2) is 11.5 Å². The fourth-order valence-electron chi connectivity index (χ4n) is 4.15. The smallest absolute Gasteiger partial charge is 0.209 e. The number of ether oxygens (including phenoxy) is 3. The standard InChI is InChI=1S/C25H22BrN3O3/c1-30-22-14-24(32-3)23(31-2)12-17(22)21-13-19(15-7-6-8-16(26)11-15)28-25-27-18-9-4-5-10-20(18)29(21)25/h4-14,21H,1-3H3,(H,27,28). The molecule has 2 heterocycles. The Morgan fingerprint density at radius 2 is 1.62 bits per heavy atom. The van der Waals surface area contributed by atoms with Crippen LogP contribution >= 0.6 is 15.9 Å². The highest BCUT2D eigenvalue weighted by Crippen LogP contribution is 2.44. The Morgan fingerprint density at radius 3 is 2.38 bits per heavy atom. The van der Waals surface area contributed by atoms with E-state index in [9.17, 15) is 0 Å². The minimum atomic E-state index is -0.178. The van der Waals surface area contributed by atoms with Crippen LogP contribution in [0.5, 0.6) is 17.2 Å². The van der Waals surface area contributed by atoms with Crippen molar-refractivity contribution in [3.63, 3.8) is 0 Å². The number of hydrogen-bond acceptors (Lipinski definition) is 5. The van der Waals surface area contributed by atoms with Crippen molar-refractivity contribution in [2.45, 2.75) is 6.04 Å². The first-order valence-corrected chi connectivity index (χ1v) is 10.9. The van der Waals surface area contributed by atoms with Crippen molar-refractivity contribution in [1.82, 2.24) is 9.55 Å². The number of rotatable bonds is 5. The van der Waals surface area contributed by atoms with Gasteiger partial charge in [0.2, 0.25) is 5.95 Å². The summed E-state index contributed by atoms with van der Waals surface area (Å²) in [5.74, 6) is 2.74. The number of para-hydroxylation sites is 2. The van der Waals surface area contributed by atoms with Gasteiger partial charge in [-0.3, -0.25) is 4.57 Å². The monoisotopic (exact) mass is 491 g/mol. The van der Waals surface area contributed by atoms with Gasteiger partial charge >= 0.3 is 0 Å². The number of aromatic nitrogens is 2. The largest absolute Gasteiger partial charge is 0.496 e. The number of nitrogens with zero attached hydrogens (tertiary/aromatic N) is 2. The Morgan fingerprint density at radius 1 is 0.875 bits per heavy atom. The molecule has 1 N–H and O–H groups in total. The first-order chi connectivity index (χ1) is 15.6. The average molecular weight is 492 g/mol. The zero-order chi connectivity index (χ0) is 22.2. The van der Waals surface area contributed by atoms with Crippen LogP contribution in [0.4, 0.5) is 5.95 Å². The number of halogens is 1. The summed E-state index contributed by atoms with van der Waals surface area (Å²) in [7, 11) is 4.92. The number of methoxy groups -OCH3 is 3. The summed E-state index contributed by atoms with van der Waals surface area (Å²) in [6, 6.07) is 20.0. The van der Waals surface area contributed by atoms with Crippen LogP contribution in [0.25, 0.3) is 16.7 Å². The van der Waals surface area contributed by atoms with E-state index in [4.69, 9.17) is 19.2 Å². The summed E-state index contributed by atoms with van der Waals surface area (Å²) in [5, 5.41) is 3.51. The van der Waals surface area contributed by atoms with Crippen molar-refractivity contribution < 1.29 is 14.2 Å². The topological polar surface area (TPSA) is 57.5 Å². The summed E-state index contributed by atoms with van der Waals surface area (Å²) in [5.41, 5.74) is 4.92. The molecule has 4 aromatic rings. The van der Waals surface area contributed by atoms with Gasteiger partial charge in [-0.15, -0.1) is 0 Å². The predicted octanol–water partition coefficient (Wildman–Crippen LogP) is 5.88. The third-order valence-electron chi connectivity index (χ3n) is 5.64. The maximum Gasteiger partial charge on any atom is 0.209 e. The van der Waals surface area contributed by atoms with Gasteiger partial charge in [0.05, 0.1) is 38.4 Å². The second kappa shape index (κ2) is 8.24. The molecule has 0 saturated heterocycles. The maximum atomic E-state index is 5.78. The molecule has 0 spiro atoms. The molecule has 0 radical (unpaired) electrons. The van der Waals surface area contributed by atoms with Gasteiger partial charge in [-0.05, 0) is 42.0 Å². The molecule has 0 fully saturated rings. The Kier molecular flexibility index (Phi) is 5.27. The molecule has 162 valence electrons. The van der Waals surface area contributed by atoms with Crippen LogP contribution in [0.2, 0.25) is 0 Å². The molecule has 0 bridgehead atoms. The van der Waals surface area contributed by atoms with Gasteiger partial charge in [-0.1, -0.05) is 40.2 Å². The van der Waals surface area contributed by atoms with Crippen molar-refractivity contribution in [3.8, 4) is 17.2 Å². The number of allylic oxidation sites excluding steroid dienone is 1.